The molecule has 1 atom stereocenters. The molecule has 0 saturated carbocycles. The third kappa shape index (κ3) is 3.97. The summed E-state index contributed by atoms with van der Waals surface area (Å²) in [5.74, 6) is -1.16. The lowest BCUT2D eigenvalue weighted by atomic mass is 9.92. The smallest absolute Gasteiger partial charge is 0.410 e. The molecule has 0 radical (unpaired) electrons. The summed E-state index contributed by atoms with van der Waals surface area (Å²) in [7, 11) is 0. The summed E-state index contributed by atoms with van der Waals surface area (Å²) in [6, 6.07) is 7.30. The number of carbonyl (C=O) groups excluding carboxylic acids is 2. The molecule has 1 aromatic carbocycles. The van der Waals surface area contributed by atoms with Gasteiger partial charge >= 0.3 is 6.09 Å². The van der Waals surface area contributed by atoms with Gasteiger partial charge in [0.2, 0.25) is 0 Å². The Labute approximate surface area is 124 Å². The normalized spacial score (nSPS) is 18.0. The van der Waals surface area contributed by atoms with Crippen LogP contribution in [0.25, 0.3) is 0 Å². The lowest BCUT2D eigenvalue weighted by Crippen LogP contribution is -2.48. The summed E-state index contributed by atoms with van der Waals surface area (Å²) in [4.78, 5) is 24.7. The number of carboxylic acid groups (broad SMARTS) is 1. The second-order valence-electron chi connectivity index (χ2n) is 6.31. The van der Waals surface area contributed by atoms with Gasteiger partial charge in [0.1, 0.15) is 5.60 Å². The zero-order chi connectivity index (χ0) is 15.6. The van der Waals surface area contributed by atoms with E-state index in [0.717, 1.165) is 11.1 Å². The van der Waals surface area contributed by atoms with E-state index in [1.54, 1.807) is 20.8 Å². The van der Waals surface area contributed by atoms with Gasteiger partial charge in [0.15, 0.2) is 0 Å². The molecule has 0 fully saturated rings. The van der Waals surface area contributed by atoms with Crippen molar-refractivity contribution in [2.45, 2.75) is 51.8 Å². The van der Waals surface area contributed by atoms with Crippen molar-refractivity contribution in [3.05, 3.63) is 35.4 Å². The van der Waals surface area contributed by atoms with Crippen LogP contribution >= 0.6 is 0 Å². The molecule has 5 nitrogen and oxygen atoms in total. The monoisotopic (exact) mass is 290 g/mol. The zero-order valence-corrected chi connectivity index (χ0v) is 12.6. The largest absolute Gasteiger partial charge is 0.550 e. The van der Waals surface area contributed by atoms with Crippen molar-refractivity contribution in [3.63, 3.8) is 0 Å². The first-order chi connectivity index (χ1) is 9.76. The molecule has 0 unspecified atom stereocenters. The molecule has 1 heterocycles. The van der Waals surface area contributed by atoms with Gasteiger partial charge < -0.3 is 19.5 Å². The van der Waals surface area contributed by atoms with Gasteiger partial charge in [-0.1, -0.05) is 24.3 Å². The number of nitrogens with zero attached hydrogens (tertiary/aromatic N) is 1. The SMILES string of the molecule is CC(C)(C)OC(=O)N1Cc2ccccc2C[C@@H]1CC(=O)[O-]. The zero-order valence-electron chi connectivity index (χ0n) is 12.6. The van der Waals surface area contributed by atoms with Gasteiger partial charge in [0.05, 0.1) is 0 Å². The number of carbonyl (C=O) groups is 2. The Balaban J connectivity index is 2.24. The molecular formula is C16H20NO4-. The van der Waals surface area contributed by atoms with Crippen molar-refractivity contribution in [3.8, 4) is 0 Å². The van der Waals surface area contributed by atoms with Crippen LogP contribution in [0.4, 0.5) is 4.79 Å². The Morgan fingerprint density at radius 1 is 1.29 bits per heavy atom. The summed E-state index contributed by atoms with van der Waals surface area (Å²) in [6.07, 6.45) is -0.167. The second kappa shape index (κ2) is 5.76. The highest BCUT2D eigenvalue weighted by Crippen LogP contribution is 2.26. The molecule has 1 amide bonds. The van der Waals surface area contributed by atoms with Crippen LogP contribution in [0.3, 0.4) is 0 Å². The van der Waals surface area contributed by atoms with Crippen LogP contribution in [0.2, 0.25) is 0 Å². The third-order valence-electron chi connectivity index (χ3n) is 3.39. The molecule has 0 N–H and O–H groups in total. The molecule has 0 saturated heterocycles. The Kier molecular flexibility index (Phi) is 4.21. The molecule has 1 aromatic rings. The number of hydrogen-bond donors (Lipinski definition) is 0. The average Bonchev–Trinajstić information content (AvgIpc) is 2.35. The van der Waals surface area contributed by atoms with Crippen LogP contribution in [0.15, 0.2) is 24.3 Å². The van der Waals surface area contributed by atoms with E-state index in [2.05, 4.69) is 0 Å². The topological polar surface area (TPSA) is 69.7 Å². The van der Waals surface area contributed by atoms with Crippen LogP contribution in [0, 0.1) is 0 Å². The highest BCUT2D eigenvalue weighted by atomic mass is 16.6. The maximum atomic E-state index is 12.3. The van der Waals surface area contributed by atoms with Crippen molar-refractivity contribution >= 4 is 12.1 Å². The predicted molar refractivity (Wildman–Crippen MR) is 75.3 cm³/mol. The van der Waals surface area contributed by atoms with E-state index >= 15 is 0 Å². The number of aliphatic carboxylic acids is 1. The van der Waals surface area contributed by atoms with Gasteiger partial charge in [-0.15, -0.1) is 0 Å². The van der Waals surface area contributed by atoms with Crippen molar-refractivity contribution in [1.29, 1.82) is 0 Å². The molecule has 114 valence electrons. The molecule has 21 heavy (non-hydrogen) atoms. The standard InChI is InChI=1S/C16H21NO4/c1-16(2,3)21-15(20)17-10-12-7-5-4-6-11(12)8-13(17)9-14(18)19/h4-7,13H,8-10H2,1-3H3,(H,18,19)/p-1/t13-/m1/s1. The number of hydrogen-bond acceptors (Lipinski definition) is 4. The highest BCUT2D eigenvalue weighted by molar-refractivity contribution is 5.71. The number of amides is 1. The number of rotatable bonds is 2. The van der Waals surface area contributed by atoms with Crippen molar-refractivity contribution < 1.29 is 19.4 Å². The Morgan fingerprint density at radius 2 is 1.90 bits per heavy atom. The third-order valence-corrected chi connectivity index (χ3v) is 3.39. The maximum absolute atomic E-state index is 12.3. The first-order valence-corrected chi connectivity index (χ1v) is 7.02. The van der Waals surface area contributed by atoms with E-state index < -0.39 is 23.7 Å². The minimum atomic E-state index is -1.16. The Bertz CT molecular complexity index is 547. The Morgan fingerprint density at radius 3 is 2.48 bits per heavy atom. The lowest BCUT2D eigenvalue weighted by molar-refractivity contribution is -0.306. The molecule has 0 aromatic heterocycles. The minimum Gasteiger partial charge on any atom is -0.550 e. The number of fused-ring (bicyclic) bond motifs is 1. The quantitative estimate of drug-likeness (QED) is 0.827. The van der Waals surface area contributed by atoms with E-state index in [1.807, 2.05) is 24.3 Å². The van der Waals surface area contributed by atoms with E-state index in [1.165, 1.54) is 4.90 Å². The summed E-state index contributed by atoms with van der Waals surface area (Å²) >= 11 is 0. The van der Waals surface area contributed by atoms with Gasteiger partial charge in [-0.25, -0.2) is 4.79 Å². The van der Waals surface area contributed by atoms with E-state index in [9.17, 15) is 14.7 Å². The maximum Gasteiger partial charge on any atom is 0.410 e. The average molecular weight is 290 g/mol. The van der Waals surface area contributed by atoms with Crippen molar-refractivity contribution in [1.82, 2.24) is 4.90 Å². The van der Waals surface area contributed by atoms with Crippen LogP contribution < -0.4 is 5.11 Å². The van der Waals surface area contributed by atoms with Gasteiger partial charge in [-0.05, 0) is 38.3 Å². The molecule has 1 aliphatic rings. The molecule has 0 aliphatic carbocycles. The van der Waals surface area contributed by atoms with Crippen LogP contribution in [0.1, 0.15) is 38.3 Å². The highest BCUT2D eigenvalue weighted by Gasteiger charge is 2.32. The van der Waals surface area contributed by atoms with Gasteiger partial charge in [0, 0.05) is 25.0 Å². The van der Waals surface area contributed by atoms with Crippen molar-refractivity contribution in [2.75, 3.05) is 0 Å². The van der Waals surface area contributed by atoms with Crippen molar-refractivity contribution in [2.24, 2.45) is 0 Å². The van der Waals surface area contributed by atoms with Crippen LogP contribution in [-0.2, 0) is 22.5 Å². The van der Waals surface area contributed by atoms with E-state index in [0.29, 0.717) is 13.0 Å². The summed E-state index contributed by atoms with van der Waals surface area (Å²) in [6.45, 7) is 5.73. The molecule has 1 aliphatic heterocycles. The minimum absolute atomic E-state index is 0.187. The lowest BCUT2D eigenvalue weighted by Gasteiger charge is -2.38. The molecule has 5 heteroatoms. The molecule has 0 spiro atoms. The van der Waals surface area contributed by atoms with E-state index in [4.69, 9.17) is 4.74 Å². The van der Waals surface area contributed by atoms with Crippen LogP contribution in [0.5, 0.6) is 0 Å². The molecular weight excluding hydrogens is 270 g/mol. The number of ether oxygens (including phenoxy) is 1. The summed E-state index contributed by atoms with van der Waals surface area (Å²) in [5.41, 5.74) is 1.49. The fourth-order valence-electron chi connectivity index (χ4n) is 2.50. The second-order valence-corrected chi connectivity index (χ2v) is 6.31. The van der Waals surface area contributed by atoms with Gasteiger partial charge in [0.25, 0.3) is 0 Å². The summed E-state index contributed by atoms with van der Waals surface area (Å²) < 4.78 is 5.38. The molecule has 0 bridgehead atoms. The predicted octanol–water partition coefficient (Wildman–Crippen LogP) is 1.49. The molecule has 2 rings (SSSR count). The van der Waals surface area contributed by atoms with Crippen LogP contribution in [-0.4, -0.2) is 28.6 Å². The number of carboxylic acids is 1. The number of benzene rings is 1. The van der Waals surface area contributed by atoms with E-state index in [-0.39, 0.29) is 6.42 Å². The fourth-order valence-corrected chi connectivity index (χ4v) is 2.50. The fraction of sp³-hybridized carbons (Fsp3) is 0.500. The summed E-state index contributed by atoms with van der Waals surface area (Å²) in [5, 5.41) is 10.9. The Hall–Kier alpha value is -2.04. The van der Waals surface area contributed by atoms with Gasteiger partial charge in [-0.2, -0.15) is 0 Å². The van der Waals surface area contributed by atoms with Gasteiger partial charge in [-0.3, -0.25) is 0 Å². The first kappa shape index (κ1) is 15.4. The first-order valence-electron chi connectivity index (χ1n) is 7.02.